The Kier molecular flexibility index (Phi) is 5.59. The second-order valence-corrected chi connectivity index (χ2v) is 6.35. The molecule has 0 saturated carbocycles. The second kappa shape index (κ2) is 7.47. The number of primary amides is 1. The second-order valence-electron chi connectivity index (χ2n) is 6.35. The van der Waals surface area contributed by atoms with E-state index in [0.717, 1.165) is 12.8 Å². The van der Waals surface area contributed by atoms with E-state index in [1.54, 1.807) is 0 Å². The minimum Gasteiger partial charge on any atom is -0.507 e. The van der Waals surface area contributed by atoms with E-state index < -0.39 is 11.6 Å². The van der Waals surface area contributed by atoms with Gasteiger partial charge >= 0.3 is 0 Å². The van der Waals surface area contributed by atoms with Gasteiger partial charge < -0.3 is 15.9 Å². The van der Waals surface area contributed by atoms with E-state index in [9.17, 15) is 15.0 Å². The highest BCUT2D eigenvalue weighted by atomic mass is 16.3. The van der Waals surface area contributed by atoms with E-state index in [-0.39, 0.29) is 17.2 Å². The van der Waals surface area contributed by atoms with Crippen LogP contribution < -0.4 is 11.5 Å². The summed E-state index contributed by atoms with van der Waals surface area (Å²) in [4.78, 5) is 11.3. The third-order valence-corrected chi connectivity index (χ3v) is 4.19. The van der Waals surface area contributed by atoms with Crippen molar-refractivity contribution in [1.29, 1.82) is 0 Å². The summed E-state index contributed by atoms with van der Waals surface area (Å²) in [5.41, 5.74) is 11.2. The van der Waals surface area contributed by atoms with Crippen molar-refractivity contribution in [2.75, 3.05) is 0 Å². The fourth-order valence-electron chi connectivity index (χ4n) is 2.81. The summed E-state index contributed by atoms with van der Waals surface area (Å²) in [5.74, 6) is -0.813. The first-order valence-corrected chi connectivity index (χ1v) is 7.98. The number of carbonyl (C=O) groups is 1. The molecule has 6 N–H and O–H groups in total. The van der Waals surface area contributed by atoms with Crippen molar-refractivity contribution in [2.45, 2.75) is 31.9 Å². The molecule has 0 radical (unpaired) electrons. The average molecular weight is 328 g/mol. The van der Waals surface area contributed by atoms with E-state index >= 15 is 0 Å². The Morgan fingerprint density at radius 1 is 1.21 bits per heavy atom. The third-order valence-electron chi connectivity index (χ3n) is 4.19. The standard InChI is InChI=1S/C19H24N2O3/c1-13(7-8-14-5-3-2-4-6-14)12-19(21,24)15-9-10-17(22)16(11-15)18(20)23/h2-6,9-11,13,22,24H,7-8,12,21H2,1H3,(H2,20,23). The number of nitrogens with two attached hydrogens (primary N) is 2. The number of amides is 1. The number of benzene rings is 2. The molecule has 2 unspecified atom stereocenters. The van der Waals surface area contributed by atoms with Crippen molar-refractivity contribution < 1.29 is 15.0 Å². The molecule has 5 nitrogen and oxygen atoms in total. The van der Waals surface area contributed by atoms with E-state index in [4.69, 9.17) is 11.5 Å². The predicted molar refractivity (Wildman–Crippen MR) is 93.3 cm³/mol. The molecule has 2 aromatic rings. The highest BCUT2D eigenvalue weighted by molar-refractivity contribution is 5.95. The Balaban J connectivity index is 2.04. The van der Waals surface area contributed by atoms with Crippen molar-refractivity contribution >= 4 is 5.91 Å². The molecular formula is C19H24N2O3. The molecule has 0 spiro atoms. The number of aryl methyl sites for hydroxylation is 1. The topological polar surface area (TPSA) is 110 Å². The van der Waals surface area contributed by atoms with Gasteiger partial charge in [0.2, 0.25) is 0 Å². The molecule has 1 amide bonds. The molecule has 0 saturated heterocycles. The van der Waals surface area contributed by atoms with Gasteiger partial charge in [0.25, 0.3) is 5.91 Å². The SMILES string of the molecule is CC(CCc1ccccc1)CC(N)(O)c1ccc(O)c(C(N)=O)c1. The largest absolute Gasteiger partial charge is 0.507 e. The maximum Gasteiger partial charge on any atom is 0.252 e. The summed E-state index contributed by atoms with van der Waals surface area (Å²) in [6.07, 6.45) is 2.12. The number of hydrogen-bond acceptors (Lipinski definition) is 4. The highest BCUT2D eigenvalue weighted by Crippen LogP contribution is 2.29. The van der Waals surface area contributed by atoms with Gasteiger partial charge in [-0.05, 0) is 48.4 Å². The van der Waals surface area contributed by atoms with E-state index in [0.29, 0.717) is 12.0 Å². The van der Waals surface area contributed by atoms with E-state index in [1.165, 1.54) is 23.8 Å². The lowest BCUT2D eigenvalue weighted by Gasteiger charge is -2.27. The summed E-state index contributed by atoms with van der Waals surface area (Å²) >= 11 is 0. The zero-order valence-corrected chi connectivity index (χ0v) is 13.8. The zero-order chi connectivity index (χ0) is 17.7. The van der Waals surface area contributed by atoms with Gasteiger partial charge in [-0.15, -0.1) is 0 Å². The summed E-state index contributed by atoms with van der Waals surface area (Å²) in [6, 6.07) is 14.3. The molecule has 0 heterocycles. The number of carbonyl (C=O) groups excluding carboxylic acids is 1. The van der Waals surface area contributed by atoms with Crippen LogP contribution in [0.1, 0.15) is 41.3 Å². The Morgan fingerprint density at radius 3 is 2.50 bits per heavy atom. The van der Waals surface area contributed by atoms with Gasteiger partial charge in [0.1, 0.15) is 11.5 Å². The van der Waals surface area contributed by atoms with Crippen LogP contribution in [0.25, 0.3) is 0 Å². The fraction of sp³-hybridized carbons (Fsp3) is 0.316. The average Bonchev–Trinajstić information content (AvgIpc) is 2.53. The molecule has 5 heteroatoms. The lowest BCUT2D eigenvalue weighted by atomic mass is 9.88. The van der Waals surface area contributed by atoms with Gasteiger partial charge in [0.05, 0.1) is 5.56 Å². The Labute approximate surface area is 141 Å². The zero-order valence-electron chi connectivity index (χ0n) is 13.8. The van der Waals surface area contributed by atoms with Crippen LogP contribution in [0.2, 0.25) is 0 Å². The van der Waals surface area contributed by atoms with E-state index in [1.807, 2.05) is 25.1 Å². The van der Waals surface area contributed by atoms with Gasteiger partial charge in [-0.25, -0.2) is 0 Å². The number of hydrogen-bond donors (Lipinski definition) is 4. The highest BCUT2D eigenvalue weighted by Gasteiger charge is 2.27. The Morgan fingerprint density at radius 2 is 1.88 bits per heavy atom. The first-order valence-electron chi connectivity index (χ1n) is 7.98. The molecule has 2 rings (SSSR count). The minimum absolute atomic E-state index is 0.0479. The van der Waals surface area contributed by atoms with Gasteiger partial charge in [0, 0.05) is 0 Å². The molecule has 0 aliphatic carbocycles. The van der Waals surface area contributed by atoms with Crippen molar-refractivity contribution in [3.63, 3.8) is 0 Å². The molecule has 0 fully saturated rings. The van der Waals surface area contributed by atoms with Crippen LogP contribution in [0.5, 0.6) is 5.75 Å². The smallest absolute Gasteiger partial charge is 0.252 e. The fourth-order valence-corrected chi connectivity index (χ4v) is 2.81. The molecule has 0 aliphatic heterocycles. The molecule has 0 bridgehead atoms. The lowest BCUT2D eigenvalue weighted by Crippen LogP contribution is -2.38. The monoisotopic (exact) mass is 328 g/mol. The third kappa shape index (κ3) is 4.57. The van der Waals surface area contributed by atoms with Crippen LogP contribution in [0, 0.1) is 5.92 Å². The number of rotatable bonds is 7. The maximum atomic E-state index is 11.3. The first kappa shape index (κ1) is 18.0. The molecule has 0 aliphatic rings. The predicted octanol–water partition coefficient (Wildman–Crippen LogP) is 2.25. The van der Waals surface area contributed by atoms with Crippen LogP contribution in [0.15, 0.2) is 48.5 Å². The van der Waals surface area contributed by atoms with Crippen molar-refractivity contribution in [3.05, 3.63) is 65.2 Å². The molecule has 0 aromatic heterocycles. The quantitative estimate of drug-likeness (QED) is 0.584. The molecular weight excluding hydrogens is 304 g/mol. The summed E-state index contributed by atoms with van der Waals surface area (Å²) in [7, 11) is 0. The Hall–Kier alpha value is -2.37. The van der Waals surface area contributed by atoms with Crippen molar-refractivity contribution in [3.8, 4) is 5.75 Å². The number of phenols is 1. The molecule has 24 heavy (non-hydrogen) atoms. The van der Waals surface area contributed by atoms with Gasteiger partial charge in [-0.3, -0.25) is 10.5 Å². The molecule has 2 aromatic carbocycles. The van der Waals surface area contributed by atoms with Crippen LogP contribution in [-0.2, 0) is 12.1 Å². The molecule has 2 atom stereocenters. The first-order chi connectivity index (χ1) is 11.3. The maximum absolute atomic E-state index is 11.3. The summed E-state index contributed by atoms with van der Waals surface area (Å²) in [5, 5.41) is 20.2. The molecule has 128 valence electrons. The lowest BCUT2D eigenvalue weighted by molar-refractivity contribution is 0.0183. The van der Waals surface area contributed by atoms with Crippen LogP contribution in [0.4, 0.5) is 0 Å². The van der Waals surface area contributed by atoms with Crippen LogP contribution in [0.3, 0.4) is 0 Å². The normalized spacial score (nSPS) is 14.8. The van der Waals surface area contributed by atoms with Crippen molar-refractivity contribution in [1.82, 2.24) is 0 Å². The summed E-state index contributed by atoms with van der Waals surface area (Å²) < 4.78 is 0. The van der Waals surface area contributed by atoms with Gasteiger partial charge in [-0.1, -0.05) is 43.3 Å². The van der Waals surface area contributed by atoms with Crippen LogP contribution >= 0.6 is 0 Å². The minimum atomic E-state index is -1.59. The number of aromatic hydroxyl groups is 1. The van der Waals surface area contributed by atoms with Gasteiger partial charge in [0.15, 0.2) is 0 Å². The number of aliphatic hydroxyl groups is 1. The Bertz CT molecular complexity index is 699. The van der Waals surface area contributed by atoms with Crippen molar-refractivity contribution in [2.24, 2.45) is 17.4 Å². The van der Waals surface area contributed by atoms with E-state index in [2.05, 4.69) is 12.1 Å². The summed E-state index contributed by atoms with van der Waals surface area (Å²) in [6.45, 7) is 2.02. The van der Waals surface area contributed by atoms with Gasteiger partial charge in [-0.2, -0.15) is 0 Å². The van der Waals surface area contributed by atoms with Crippen LogP contribution in [-0.4, -0.2) is 16.1 Å².